The SMILES string of the molecule is Cc1ccc([C@H](Nc2ccc(F)cc2)[C@@H](CC[C@H](O[Si](C)(C)C)c2ccc(F)cc2)C(=O)N2C(=O)OC[C@@H]2c2ccccc2)cc1. The van der Waals surface area contributed by atoms with Crippen LogP contribution >= 0.6 is 0 Å². The molecule has 0 bridgehead atoms. The fraction of sp³-hybridized carbons (Fsp3) is 0.297. The maximum Gasteiger partial charge on any atom is 0.417 e. The maximum atomic E-state index is 14.8. The van der Waals surface area contributed by atoms with Crippen LogP contribution in [0, 0.1) is 24.5 Å². The van der Waals surface area contributed by atoms with Gasteiger partial charge < -0.3 is 14.5 Å². The summed E-state index contributed by atoms with van der Waals surface area (Å²) in [6, 6.07) is 28.3. The van der Waals surface area contributed by atoms with Crippen molar-refractivity contribution >= 4 is 26.0 Å². The van der Waals surface area contributed by atoms with Crippen molar-refractivity contribution in [2.24, 2.45) is 5.92 Å². The molecular weight excluding hydrogens is 602 g/mol. The highest BCUT2D eigenvalue weighted by Gasteiger charge is 2.44. The average Bonchev–Trinajstić information content (AvgIpc) is 3.42. The molecule has 0 spiro atoms. The zero-order valence-corrected chi connectivity index (χ0v) is 27.6. The van der Waals surface area contributed by atoms with E-state index in [-0.39, 0.29) is 24.1 Å². The minimum atomic E-state index is -2.09. The first-order valence-electron chi connectivity index (χ1n) is 15.6. The fourth-order valence-corrected chi connectivity index (χ4v) is 6.95. The number of benzene rings is 4. The Bertz CT molecular complexity index is 1610. The summed E-state index contributed by atoms with van der Waals surface area (Å²) in [4.78, 5) is 29.3. The van der Waals surface area contributed by atoms with Crippen molar-refractivity contribution in [2.75, 3.05) is 11.9 Å². The van der Waals surface area contributed by atoms with Crippen molar-refractivity contribution in [3.63, 3.8) is 0 Å². The van der Waals surface area contributed by atoms with Gasteiger partial charge in [0.15, 0.2) is 8.32 Å². The third-order valence-electron chi connectivity index (χ3n) is 8.09. The second-order valence-corrected chi connectivity index (χ2v) is 17.2. The van der Waals surface area contributed by atoms with Crippen molar-refractivity contribution in [3.05, 3.63) is 137 Å². The van der Waals surface area contributed by atoms with Crippen molar-refractivity contribution in [1.82, 2.24) is 4.90 Å². The molecule has 1 heterocycles. The lowest BCUT2D eigenvalue weighted by atomic mass is 9.85. The third kappa shape index (κ3) is 8.27. The van der Waals surface area contributed by atoms with Crippen LogP contribution in [0.5, 0.6) is 0 Å². The molecule has 1 aliphatic rings. The molecule has 1 N–H and O–H groups in total. The van der Waals surface area contributed by atoms with Crippen LogP contribution < -0.4 is 5.32 Å². The molecule has 2 amide bonds. The zero-order valence-electron chi connectivity index (χ0n) is 26.6. The average molecular weight is 643 g/mol. The van der Waals surface area contributed by atoms with Crippen LogP contribution in [0.1, 0.15) is 53.3 Å². The van der Waals surface area contributed by atoms with E-state index in [2.05, 4.69) is 25.0 Å². The molecule has 0 saturated carbocycles. The van der Waals surface area contributed by atoms with E-state index in [0.717, 1.165) is 22.3 Å². The number of carbonyl (C=O) groups is 2. The molecule has 1 aliphatic heterocycles. The summed E-state index contributed by atoms with van der Waals surface area (Å²) in [5, 5.41) is 3.49. The van der Waals surface area contributed by atoms with Crippen LogP contribution in [-0.2, 0) is 14.0 Å². The second-order valence-electron chi connectivity index (χ2n) is 12.7. The molecule has 9 heteroatoms. The highest BCUT2D eigenvalue weighted by atomic mass is 28.4. The van der Waals surface area contributed by atoms with Crippen molar-refractivity contribution in [3.8, 4) is 0 Å². The minimum Gasteiger partial charge on any atom is -0.446 e. The lowest BCUT2D eigenvalue weighted by Crippen LogP contribution is -2.42. The smallest absolute Gasteiger partial charge is 0.417 e. The summed E-state index contributed by atoms with van der Waals surface area (Å²) >= 11 is 0. The van der Waals surface area contributed by atoms with E-state index in [1.54, 1.807) is 24.3 Å². The molecule has 0 aromatic heterocycles. The molecule has 240 valence electrons. The number of anilines is 1. The summed E-state index contributed by atoms with van der Waals surface area (Å²) < 4.78 is 39.8. The maximum absolute atomic E-state index is 14.8. The number of rotatable bonds is 12. The first-order chi connectivity index (χ1) is 22.0. The van der Waals surface area contributed by atoms with Gasteiger partial charge in [0, 0.05) is 5.69 Å². The quantitative estimate of drug-likeness (QED) is 0.156. The van der Waals surface area contributed by atoms with Gasteiger partial charge in [-0.05, 0) is 92.5 Å². The molecule has 1 fully saturated rings. The number of imide groups is 1. The Kier molecular flexibility index (Phi) is 10.3. The lowest BCUT2D eigenvalue weighted by molar-refractivity contribution is -0.134. The summed E-state index contributed by atoms with van der Waals surface area (Å²) in [5.74, 6) is -1.87. The summed E-state index contributed by atoms with van der Waals surface area (Å²) in [6.45, 7) is 8.30. The Morgan fingerprint density at radius 1 is 0.870 bits per heavy atom. The first kappa shape index (κ1) is 33.0. The number of amides is 2. The van der Waals surface area contributed by atoms with Gasteiger partial charge in [0.05, 0.1) is 18.1 Å². The number of hydrogen-bond acceptors (Lipinski definition) is 5. The van der Waals surface area contributed by atoms with E-state index in [0.29, 0.717) is 18.5 Å². The van der Waals surface area contributed by atoms with E-state index in [1.807, 2.05) is 61.5 Å². The van der Waals surface area contributed by atoms with Gasteiger partial charge in [0.2, 0.25) is 5.91 Å². The topological polar surface area (TPSA) is 67.9 Å². The number of hydrogen-bond donors (Lipinski definition) is 1. The molecule has 4 aromatic carbocycles. The molecule has 0 aliphatic carbocycles. The van der Waals surface area contributed by atoms with E-state index in [1.165, 1.54) is 29.2 Å². The van der Waals surface area contributed by atoms with Crippen LogP contribution in [0.4, 0.5) is 19.3 Å². The predicted octanol–water partition coefficient (Wildman–Crippen LogP) is 9.14. The van der Waals surface area contributed by atoms with Gasteiger partial charge in [0.25, 0.3) is 0 Å². The third-order valence-corrected chi connectivity index (χ3v) is 9.09. The number of ether oxygens (including phenoxy) is 1. The molecule has 4 atom stereocenters. The molecule has 5 rings (SSSR count). The zero-order chi connectivity index (χ0) is 32.8. The second kappa shape index (κ2) is 14.4. The molecular formula is C37H40F2N2O4Si. The van der Waals surface area contributed by atoms with E-state index in [9.17, 15) is 18.4 Å². The van der Waals surface area contributed by atoms with Crippen LogP contribution in [0.2, 0.25) is 19.6 Å². The van der Waals surface area contributed by atoms with Gasteiger partial charge in [-0.2, -0.15) is 0 Å². The molecule has 1 saturated heterocycles. The molecule has 0 radical (unpaired) electrons. The van der Waals surface area contributed by atoms with Gasteiger partial charge in [-0.25, -0.2) is 18.5 Å². The number of cyclic esters (lactones) is 1. The number of nitrogens with one attached hydrogen (secondary N) is 1. The number of nitrogens with zero attached hydrogens (tertiary/aromatic N) is 1. The number of aryl methyl sites for hydroxylation is 1. The Balaban J connectivity index is 1.57. The molecule has 4 aromatic rings. The Morgan fingerprint density at radius 2 is 1.46 bits per heavy atom. The minimum absolute atomic E-state index is 0.0544. The van der Waals surface area contributed by atoms with Crippen LogP contribution in [0.3, 0.4) is 0 Å². The lowest BCUT2D eigenvalue weighted by Gasteiger charge is -2.34. The van der Waals surface area contributed by atoms with Gasteiger partial charge in [-0.3, -0.25) is 4.79 Å². The number of halogens is 2. The van der Waals surface area contributed by atoms with Crippen LogP contribution in [-0.4, -0.2) is 31.8 Å². The highest BCUT2D eigenvalue weighted by molar-refractivity contribution is 6.69. The predicted molar refractivity (Wildman–Crippen MR) is 178 cm³/mol. The number of carbonyl (C=O) groups excluding carboxylic acids is 2. The molecule has 46 heavy (non-hydrogen) atoms. The highest BCUT2D eigenvalue weighted by Crippen LogP contribution is 2.39. The first-order valence-corrected chi connectivity index (χ1v) is 19.0. The van der Waals surface area contributed by atoms with Crippen molar-refractivity contribution < 1.29 is 27.5 Å². The van der Waals surface area contributed by atoms with E-state index in [4.69, 9.17) is 9.16 Å². The van der Waals surface area contributed by atoms with Crippen molar-refractivity contribution in [2.45, 2.75) is 57.6 Å². The summed E-state index contributed by atoms with van der Waals surface area (Å²) in [5.41, 5.74) is 4.13. The fourth-order valence-electron chi connectivity index (χ4n) is 5.84. The standard InChI is InChI=1S/C37H40F2N2O4Si/c1-25-10-12-28(13-11-25)35(40-31-20-18-30(39)19-21-31)32(22-23-34(45-46(2,3)4)27-14-16-29(38)17-15-27)36(42)41-33(24-44-37(41)43)26-8-6-5-7-9-26/h5-21,32-35,40H,22-24H2,1-4H3/t32-,33-,34+,35+/m1/s1. The van der Waals surface area contributed by atoms with Gasteiger partial charge in [-0.15, -0.1) is 0 Å². The largest absolute Gasteiger partial charge is 0.446 e. The molecule has 0 unspecified atom stereocenters. The Morgan fingerprint density at radius 3 is 2.07 bits per heavy atom. The van der Waals surface area contributed by atoms with Crippen LogP contribution in [0.15, 0.2) is 103 Å². The molecule has 6 nitrogen and oxygen atoms in total. The Labute approximate surface area is 270 Å². The summed E-state index contributed by atoms with van der Waals surface area (Å²) in [6.07, 6.45) is -0.341. The van der Waals surface area contributed by atoms with Crippen molar-refractivity contribution in [1.29, 1.82) is 0 Å². The monoisotopic (exact) mass is 642 g/mol. The van der Waals surface area contributed by atoms with E-state index < -0.39 is 38.5 Å². The van der Waals surface area contributed by atoms with Gasteiger partial charge >= 0.3 is 6.09 Å². The summed E-state index contributed by atoms with van der Waals surface area (Å²) in [7, 11) is -2.09. The normalized spacial score (nSPS) is 16.9. The van der Waals surface area contributed by atoms with Crippen LogP contribution in [0.25, 0.3) is 0 Å². The van der Waals surface area contributed by atoms with Gasteiger partial charge in [-0.1, -0.05) is 72.3 Å². The van der Waals surface area contributed by atoms with E-state index >= 15 is 0 Å². The van der Waals surface area contributed by atoms with Gasteiger partial charge in [0.1, 0.15) is 24.3 Å². The Hall–Kier alpha value is -4.34.